The zero-order valence-corrected chi connectivity index (χ0v) is 16.6. The van der Waals surface area contributed by atoms with Gasteiger partial charge in [0.05, 0.1) is 19.1 Å². The average molecular weight is 405 g/mol. The zero-order valence-electron chi connectivity index (χ0n) is 15.0. The van der Waals surface area contributed by atoms with Crippen LogP contribution in [0.4, 0.5) is 0 Å². The largest absolute Gasteiger partial charge is 0.494 e. The minimum atomic E-state index is -0.476. The number of alkyl halides is 1. The second-order valence-corrected chi connectivity index (χ2v) is 7.21. The average Bonchev–Trinajstić information content (AvgIpc) is 2.65. The van der Waals surface area contributed by atoms with Gasteiger partial charge in [-0.1, -0.05) is 52.3 Å². The number of halogens is 1. The highest BCUT2D eigenvalue weighted by molar-refractivity contribution is 9.08. The molecule has 0 fully saturated rings. The lowest BCUT2D eigenvalue weighted by molar-refractivity contribution is -0.151. The molecule has 4 heteroatoms. The van der Waals surface area contributed by atoms with Crippen molar-refractivity contribution in [1.29, 1.82) is 0 Å². The smallest absolute Gasteiger partial charge is 0.311 e. The van der Waals surface area contributed by atoms with Gasteiger partial charge in [0.25, 0.3) is 0 Å². The summed E-state index contributed by atoms with van der Waals surface area (Å²) in [5.41, 5.74) is 3.12. The molecule has 0 aliphatic carbocycles. The summed E-state index contributed by atoms with van der Waals surface area (Å²) in [5, 5.41) is 0.768. The van der Waals surface area contributed by atoms with E-state index in [0.29, 0.717) is 6.61 Å². The van der Waals surface area contributed by atoms with Crippen molar-refractivity contribution in [2.24, 2.45) is 5.41 Å². The van der Waals surface area contributed by atoms with Gasteiger partial charge in [0.1, 0.15) is 5.75 Å². The van der Waals surface area contributed by atoms with Crippen molar-refractivity contribution in [3.8, 4) is 16.9 Å². The van der Waals surface area contributed by atoms with E-state index in [1.165, 1.54) is 23.8 Å². The van der Waals surface area contributed by atoms with Gasteiger partial charge >= 0.3 is 5.97 Å². The second-order valence-electron chi connectivity index (χ2n) is 6.65. The number of carbonyl (C=O) groups is 1. The van der Waals surface area contributed by atoms with Crippen LogP contribution in [-0.4, -0.2) is 19.7 Å². The summed E-state index contributed by atoms with van der Waals surface area (Å²) >= 11 is 3.56. The van der Waals surface area contributed by atoms with E-state index in [0.717, 1.165) is 23.9 Å². The Morgan fingerprint density at radius 1 is 1.12 bits per heavy atom. The number of hydrogen-bond donors (Lipinski definition) is 0. The lowest BCUT2D eigenvalue weighted by Gasteiger charge is -2.21. The summed E-state index contributed by atoms with van der Waals surface area (Å²) in [6, 6.07) is 16.5. The first kappa shape index (κ1) is 19.5. The number of hydrogen-bond acceptors (Lipinski definition) is 3. The van der Waals surface area contributed by atoms with Crippen LogP contribution in [0.2, 0.25) is 0 Å². The SMILES string of the molecule is COC(=O)C(C)(C)CCCOc1ccc(-c2ccccc2)c(CBr)c1. The van der Waals surface area contributed by atoms with Crippen molar-refractivity contribution >= 4 is 21.9 Å². The fourth-order valence-electron chi connectivity index (χ4n) is 2.75. The molecule has 0 radical (unpaired) electrons. The molecule has 0 spiro atoms. The molecule has 2 aromatic rings. The van der Waals surface area contributed by atoms with Crippen LogP contribution in [0, 0.1) is 5.41 Å². The second kappa shape index (κ2) is 9.04. The number of benzene rings is 2. The Labute approximate surface area is 158 Å². The lowest BCUT2D eigenvalue weighted by Crippen LogP contribution is -2.26. The highest BCUT2D eigenvalue weighted by Crippen LogP contribution is 2.29. The van der Waals surface area contributed by atoms with Crippen LogP contribution in [0.1, 0.15) is 32.3 Å². The van der Waals surface area contributed by atoms with Crippen LogP contribution in [0.3, 0.4) is 0 Å². The van der Waals surface area contributed by atoms with Gasteiger partial charge in [-0.15, -0.1) is 0 Å². The van der Waals surface area contributed by atoms with Crippen molar-refractivity contribution in [2.45, 2.75) is 32.0 Å². The van der Waals surface area contributed by atoms with Gasteiger partial charge in [-0.05, 0) is 55.5 Å². The fourth-order valence-corrected chi connectivity index (χ4v) is 3.22. The van der Waals surface area contributed by atoms with Gasteiger partial charge in [-0.3, -0.25) is 4.79 Å². The Morgan fingerprint density at radius 2 is 1.84 bits per heavy atom. The van der Waals surface area contributed by atoms with Crippen LogP contribution >= 0.6 is 15.9 Å². The molecule has 3 nitrogen and oxygen atoms in total. The number of rotatable bonds is 8. The van der Waals surface area contributed by atoms with Crippen molar-refractivity contribution in [3.05, 3.63) is 54.1 Å². The Kier molecular flexibility index (Phi) is 7.06. The molecule has 0 aliphatic heterocycles. The van der Waals surface area contributed by atoms with Gasteiger partial charge < -0.3 is 9.47 Å². The van der Waals surface area contributed by atoms with Crippen molar-refractivity contribution < 1.29 is 14.3 Å². The van der Waals surface area contributed by atoms with Crippen LogP contribution in [0.5, 0.6) is 5.75 Å². The molecule has 0 saturated carbocycles. The molecule has 0 heterocycles. The summed E-state index contributed by atoms with van der Waals surface area (Å²) in [6.45, 7) is 4.37. The molecular formula is C21H25BrO3. The predicted molar refractivity (Wildman–Crippen MR) is 105 cm³/mol. The molecule has 2 aromatic carbocycles. The van der Waals surface area contributed by atoms with E-state index in [1.54, 1.807) is 0 Å². The zero-order chi connectivity index (χ0) is 18.3. The molecule has 0 atom stereocenters. The summed E-state index contributed by atoms with van der Waals surface area (Å²) in [7, 11) is 1.43. The third kappa shape index (κ3) is 5.33. The molecule has 0 unspecified atom stereocenters. The molecule has 0 aliphatic rings. The molecule has 2 rings (SSSR count). The van der Waals surface area contributed by atoms with Crippen molar-refractivity contribution in [1.82, 2.24) is 0 Å². The summed E-state index contributed by atoms with van der Waals surface area (Å²) < 4.78 is 10.7. The minimum Gasteiger partial charge on any atom is -0.494 e. The van der Waals surface area contributed by atoms with Crippen LogP contribution < -0.4 is 4.74 Å². The quantitative estimate of drug-likeness (QED) is 0.326. The summed E-state index contributed by atoms with van der Waals surface area (Å²) in [4.78, 5) is 11.7. The highest BCUT2D eigenvalue weighted by atomic mass is 79.9. The lowest BCUT2D eigenvalue weighted by atomic mass is 9.88. The molecule has 0 N–H and O–H groups in total. The van der Waals surface area contributed by atoms with Gasteiger partial charge in [0, 0.05) is 5.33 Å². The minimum absolute atomic E-state index is 0.179. The van der Waals surface area contributed by atoms with E-state index in [1.807, 2.05) is 38.1 Å². The number of ether oxygens (including phenoxy) is 2. The van der Waals surface area contributed by atoms with Crippen molar-refractivity contribution in [3.63, 3.8) is 0 Å². The first-order chi connectivity index (χ1) is 12.0. The molecule has 0 aromatic heterocycles. The summed E-state index contributed by atoms with van der Waals surface area (Å²) in [5.74, 6) is 0.672. The maximum atomic E-state index is 11.7. The predicted octanol–water partition coefficient (Wildman–Crippen LogP) is 5.61. The Morgan fingerprint density at radius 3 is 2.48 bits per heavy atom. The fraction of sp³-hybridized carbons (Fsp3) is 0.381. The van der Waals surface area contributed by atoms with E-state index >= 15 is 0 Å². The Balaban J connectivity index is 1.97. The Bertz CT molecular complexity index is 696. The van der Waals surface area contributed by atoms with Crippen molar-refractivity contribution in [2.75, 3.05) is 13.7 Å². The van der Waals surface area contributed by atoms with E-state index in [2.05, 4.69) is 40.2 Å². The monoisotopic (exact) mass is 404 g/mol. The van der Waals surface area contributed by atoms with Gasteiger partial charge in [0.2, 0.25) is 0 Å². The van der Waals surface area contributed by atoms with E-state index in [9.17, 15) is 4.79 Å². The topological polar surface area (TPSA) is 35.5 Å². The maximum Gasteiger partial charge on any atom is 0.311 e. The number of carbonyl (C=O) groups excluding carboxylic acids is 1. The number of esters is 1. The normalized spacial score (nSPS) is 11.2. The van der Waals surface area contributed by atoms with Gasteiger partial charge in [-0.25, -0.2) is 0 Å². The molecule has 0 amide bonds. The highest BCUT2D eigenvalue weighted by Gasteiger charge is 2.27. The van der Waals surface area contributed by atoms with Gasteiger partial charge in [0.15, 0.2) is 0 Å². The van der Waals surface area contributed by atoms with Gasteiger partial charge in [-0.2, -0.15) is 0 Å². The maximum absolute atomic E-state index is 11.7. The standard InChI is InChI=1S/C21H25BrO3/c1-21(2,20(23)24-3)12-7-13-25-18-10-11-19(17(14-18)15-22)16-8-5-4-6-9-16/h4-6,8-11,14H,7,12-13,15H2,1-3H3. The third-order valence-electron chi connectivity index (χ3n) is 4.26. The molecule has 134 valence electrons. The first-order valence-corrected chi connectivity index (χ1v) is 9.55. The van der Waals surface area contributed by atoms with E-state index in [4.69, 9.17) is 9.47 Å². The van der Waals surface area contributed by atoms with E-state index in [-0.39, 0.29) is 5.97 Å². The first-order valence-electron chi connectivity index (χ1n) is 8.43. The van der Waals surface area contributed by atoms with Crippen LogP contribution in [0.25, 0.3) is 11.1 Å². The molecule has 0 bridgehead atoms. The molecular weight excluding hydrogens is 380 g/mol. The number of methoxy groups -OCH3 is 1. The van der Waals surface area contributed by atoms with Crippen LogP contribution in [-0.2, 0) is 14.9 Å². The van der Waals surface area contributed by atoms with Crippen LogP contribution in [0.15, 0.2) is 48.5 Å². The third-order valence-corrected chi connectivity index (χ3v) is 4.86. The molecule has 25 heavy (non-hydrogen) atoms. The Hall–Kier alpha value is -1.81. The summed E-state index contributed by atoms with van der Waals surface area (Å²) in [6.07, 6.45) is 1.53. The molecule has 0 saturated heterocycles. The van der Waals surface area contributed by atoms with E-state index < -0.39 is 5.41 Å².